The fraction of sp³-hybridized carbons (Fsp3) is 0.0625. The Morgan fingerprint density at radius 3 is 1.53 bits per heavy atom. The maximum Gasteiger partial charge on any atom is 0.262 e. The fourth-order valence-corrected chi connectivity index (χ4v) is 4.86. The molecule has 5 aromatic rings. The molecule has 0 saturated carbocycles. The third kappa shape index (κ3) is 3.73. The summed E-state index contributed by atoms with van der Waals surface area (Å²) in [5.41, 5.74) is 3.22. The first-order valence-electron chi connectivity index (χ1n) is 11.8. The van der Waals surface area contributed by atoms with Gasteiger partial charge in [-0.05, 0) is 62.5 Å². The number of methoxy groups -OCH3 is 1. The second-order valence-electron chi connectivity index (χ2n) is 8.92. The molecule has 0 aliphatic carbocycles. The molecule has 0 aromatic heterocycles. The number of imide groups is 1. The molecule has 174 valence electrons. The number of fused-ring (bicyclic) bond motifs is 2. The molecule has 0 atom stereocenters. The average Bonchev–Trinajstić information content (AvgIpc) is 3.17. The smallest absolute Gasteiger partial charge is 0.262 e. The second kappa shape index (κ2) is 8.82. The summed E-state index contributed by atoms with van der Waals surface area (Å²) in [6, 6.07) is 35.3. The summed E-state index contributed by atoms with van der Waals surface area (Å²) >= 11 is 0. The minimum Gasteiger partial charge on any atom is -0.497 e. The van der Waals surface area contributed by atoms with Gasteiger partial charge in [-0.15, -0.1) is 0 Å². The number of benzene rings is 5. The predicted octanol–water partition coefficient (Wildman–Crippen LogP) is 6.48. The second-order valence-corrected chi connectivity index (χ2v) is 8.92. The molecule has 6 rings (SSSR count). The van der Waals surface area contributed by atoms with Crippen LogP contribution in [0.5, 0.6) is 5.75 Å². The third-order valence-corrected chi connectivity index (χ3v) is 6.74. The van der Waals surface area contributed by atoms with E-state index in [0.717, 1.165) is 44.0 Å². The molecule has 1 aliphatic rings. The number of nitrogens with zero attached hydrogens (tertiary/aromatic N) is 1. The monoisotopic (exact) mass is 469 g/mol. The Balaban J connectivity index is 1.49. The van der Waals surface area contributed by atoms with E-state index in [-0.39, 0.29) is 18.4 Å². The van der Waals surface area contributed by atoms with Crippen LogP contribution in [0.1, 0.15) is 16.7 Å². The molecule has 0 N–H and O–H groups in total. The molecular weight excluding hydrogens is 446 g/mol. The Morgan fingerprint density at radius 2 is 1.06 bits per heavy atom. The number of ether oxygens (including phenoxy) is 1. The minimum absolute atomic E-state index is 0.190. The lowest BCUT2D eigenvalue weighted by Crippen LogP contribution is -2.31. The summed E-state index contributed by atoms with van der Waals surface area (Å²) in [5, 5.41) is 4.21. The van der Waals surface area contributed by atoms with Crippen LogP contribution in [0.3, 0.4) is 0 Å². The molecular formula is C32H23NO3. The summed E-state index contributed by atoms with van der Waals surface area (Å²) in [4.78, 5) is 29.0. The molecule has 4 heteroatoms. The lowest BCUT2D eigenvalue weighted by atomic mass is 9.93. The zero-order chi connectivity index (χ0) is 24.6. The van der Waals surface area contributed by atoms with Crippen LogP contribution in [0.25, 0.3) is 32.7 Å². The summed E-state index contributed by atoms with van der Waals surface area (Å²) in [5.74, 6) is 0.160. The van der Waals surface area contributed by atoms with Crippen molar-refractivity contribution in [2.45, 2.75) is 6.54 Å². The van der Waals surface area contributed by atoms with E-state index in [1.165, 1.54) is 4.90 Å². The molecule has 1 heterocycles. The van der Waals surface area contributed by atoms with E-state index in [2.05, 4.69) is 0 Å². The summed E-state index contributed by atoms with van der Waals surface area (Å²) in [6.45, 7) is 0.190. The van der Waals surface area contributed by atoms with Gasteiger partial charge in [-0.25, -0.2) is 0 Å². The van der Waals surface area contributed by atoms with Crippen molar-refractivity contribution in [2.24, 2.45) is 0 Å². The highest BCUT2D eigenvalue weighted by molar-refractivity contribution is 6.49. The van der Waals surface area contributed by atoms with Crippen molar-refractivity contribution >= 4 is 44.5 Å². The van der Waals surface area contributed by atoms with E-state index in [9.17, 15) is 9.59 Å². The van der Waals surface area contributed by atoms with Crippen LogP contribution < -0.4 is 4.74 Å². The van der Waals surface area contributed by atoms with Gasteiger partial charge < -0.3 is 4.74 Å². The van der Waals surface area contributed by atoms with Gasteiger partial charge in [0.15, 0.2) is 0 Å². The van der Waals surface area contributed by atoms with Crippen LogP contribution in [0.2, 0.25) is 0 Å². The average molecular weight is 470 g/mol. The van der Waals surface area contributed by atoms with Crippen molar-refractivity contribution in [1.29, 1.82) is 0 Å². The normalized spacial score (nSPS) is 13.8. The van der Waals surface area contributed by atoms with E-state index in [4.69, 9.17) is 4.74 Å². The van der Waals surface area contributed by atoms with Gasteiger partial charge in [0.25, 0.3) is 11.8 Å². The van der Waals surface area contributed by atoms with Gasteiger partial charge in [-0.1, -0.05) is 84.9 Å². The molecule has 4 nitrogen and oxygen atoms in total. The Kier molecular flexibility index (Phi) is 5.34. The number of carbonyl (C=O) groups excluding carboxylic acids is 2. The van der Waals surface area contributed by atoms with E-state index in [1.807, 2.05) is 109 Å². The van der Waals surface area contributed by atoms with Gasteiger partial charge in [0.2, 0.25) is 0 Å². The van der Waals surface area contributed by atoms with Gasteiger partial charge in [0.1, 0.15) is 5.75 Å². The van der Waals surface area contributed by atoms with Gasteiger partial charge in [-0.3, -0.25) is 14.5 Å². The highest BCUT2D eigenvalue weighted by atomic mass is 16.5. The van der Waals surface area contributed by atoms with Crippen molar-refractivity contribution in [3.8, 4) is 5.75 Å². The van der Waals surface area contributed by atoms with Crippen LogP contribution in [0, 0.1) is 0 Å². The SMILES string of the molecule is COc1ccc(CN2C(=O)C(c3ccc4ccccc4c3)=C(c3ccc4ccccc4c3)C2=O)cc1. The Morgan fingerprint density at radius 1 is 0.583 bits per heavy atom. The van der Waals surface area contributed by atoms with E-state index >= 15 is 0 Å². The molecule has 2 amide bonds. The number of hydrogen-bond donors (Lipinski definition) is 0. The van der Waals surface area contributed by atoms with Crippen LogP contribution in [0.4, 0.5) is 0 Å². The van der Waals surface area contributed by atoms with Crippen molar-refractivity contribution in [1.82, 2.24) is 4.90 Å². The largest absolute Gasteiger partial charge is 0.497 e. The molecule has 0 saturated heterocycles. The highest BCUT2D eigenvalue weighted by Gasteiger charge is 2.39. The molecule has 0 radical (unpaired) electrons. The molecule has 1 aliphatic heterocycles. The zero-order valence-electron chi connectivity index (χ0n) is 19.8. The Labute approximate surface area is 209 Å². The molecule has 0 unspecified atom stereocenters. The highest BCUT2D eigenvalue weighted by Crippen LogP contribution is 2.38. The van der Waals surface area contributed by atoms with Gasteiger partial charge >= 0.3 is 0 Å². The quantitative estimate of drug-likeness (QED) is 0.277. The lowest BCUT2D eigenvalue weighted by molar-refractivity contribution is -0.136. The van der Waals surface area contributed by atoms with Gasteiger partial charge in [-0.2, -0.15) is 0 Å². The van der Waals surface area contributed by atoms with E-state index in [0.29, 0.717) is 11.1 Å². The first-order chi connectivity index (χ1) is 17.6. The standard InChI is InChI=1S/C32H23NO3/c1-36-28-16-10-21(11-17-28)20-33-31(34)29(26-14-12-22-6-2-4-8-24(22)18-26)30(32(33)35)27-15-13-23-7-3-5-9-25(23)19-27/h2-19H,20H2,1H3. The maximum absolute atomic E-state index is 13.8. The Hall–Kier alpha value is -4.70. The van der Waals surface area contributed by atoms with Crippen LogP contribution >= 0.6 is 0 Å². The minimum atomic E-state index is -0.283. The summed E-state index contributed by atoms with van der Waals surface area (Å²) < 4.78 is 5.25. The number of carbonyl (C=O) groups is 2. The van der Waals surface area contributed by atoms with Crippen LogP contribution in [-0.2, 0) is 16.1 Å². The molecule has 0 bridgehead atoms. The maximum atomic E-state index is 13.8. The summed E-state index contributed by atoms with van der Waals surface area (Å²) in [6.07, 6.45) is 0. The Bertz CT molecular complexity index is 1580. The fourth-order valence-electron chi connectivity index (χ4n) is 4.86. The first kappa shape index (κ1) is 21.8. The molecule has 5 aromatic carbocycles. The summed E-state index contributed by atoms with van der Waals surface area (Å²) in [7, 11) is 1.61. The van der Waals surface area contributed by atoms with E-state index in [1.54, 1.807) is 7.11 Å². The first-order valence-corrected chi connectivity index (χ1v) is 11.8. The van der Waals surface area contributed by atoms with Gasteiger partial charge in [0.05, 0.1) is 24.8 Å². The molecule has 36 heavy (non-hydrogen) atoms. The zero-order valence-corrected chi connectivity index (χ0v) is 19.8. The van der Waals surface area contributed by atoms with E-state index < -0.39 is 0 Å². The number of rotatable bonds is 5. The topological polar surface area (TPSA) is 46.6 Å². The molecule has 0 fully saturated rings. The molecule has 0 spiro atoms. The van der Waals surface area contributed by atoms with Crippen molar-refractivity contribution < 1.29 is 14.3 Å². The lowest BCUT2D eigenvalue weighted by Gasteiger charge is -2.16. The predicted molar refractivity (Wildman–Crippen MR) is 143 cm³/mol. The van der Waals surface area contributed by atoms with Crippen molar-refractivity contribution in [3.05, 3.63) is 126 Å². The van der Waals surface area contributed by atoms with Crippen molar-refractivity contribution in [2.75, 3.05) is 7.11 Å². The third-order valence-electron chi connectivity index (χ3n) is 6.74. The van der Waals surface area contributed by atoms with Gasteiger partial charge in [0, 0.05) is 0 Å². The van der Waals surface area contributed by atoms with Crippen molar-refractivity contribution in [3.63, 3.8) is 0 Å². The number of amides is 2. The number of hydrogen-bond acceptors (Lipinski definition) is 3. The van der Waals surface area contributed by atoms with Crippen LogP contribution in [-0.4, -0.2) is 23.8 Å². The van der Waals surface area contributed by atoms with Crippen LogP contribution in [0.15, 0.2) is 109 Å².